The number of nitrogens with zero attached hydrogens (tertiary/aromatic N) is 2. The van der Waals surface area contributed by atoms with Gasteiger partial charge in [0.1, 0.15) is 6.54 Å². The summed E-state index contributed by atoms with van der Waals surface area (Å²) in [6.07, 6.45) is 1.06. The Morgan fingerprint density at radius 2 is 2.28 bits per heavy atom. The van der Waals surface area contributed by atoms with Crippen molar-refractivity contribution in [3.8, 4) is 0 Å². The molecular weight excluding hydrogens is 294 g/mol. The Kier molecular flexibility index (Phi) is 4.35. The van der Waals surface area contributed by atoms with Crippen LogP contribution in [0.3, 0.4) is 0 Å². The average Bonchev–Trinajstić information content (AvgIpc) is 2.33. The monoisotopic (exact) mass is 311 g/mol. The largest absolute Gasteiger partial charge is 0.380 e. The van der Waals surface area contributed by atoms with Crippen LogP contribution in [0.5, 0.6) is 0 Å². The van der Waals surface area contributed by atoms with Crippen molar-refractivity contribution in [2.24, 2.45) is 5.18 Å². The molecule has 0 spiro atoms. The van der Waals surface area contributed by atoms with Crippen LogP contribution in [0.1, 0.15) is 18.1 Å². The van der Waals surface area contributed by atoms with Gasteiger partial charge in [-0.1, -0.05) is 21.1 Å². The predicted molar refractivity (Wildman–Crippen MR) is 77.9 cm³/mol. The summed E-state index contributed by atoms with van der Waals surface area (Å²) in [6, 6.07) is 4.22. The van der Waals surface area contributed by atoms with Crippen LogP contribution < -0.4 is 5.32 Å². The van der Waals surface area contributed by atoms with Gasteiger partial charge < -0.3 is 10.2 Å². The fraction of sp³-hybridized carbons (Fsp3) is 0.538. The lowest BCUT2D eigenvalue weighted by atomic mass is 9.98. The fourth-order valence-corrected chi connectivity index (χ4v) is 2.89. The van der Waals surface area contributed by atoms with Gasteiger partial charge in [0, 0.05) is 29.3 Å². The SMILES string of the molecule is CC(CN=O)Nc1ccc(Br)c2c1CN(C)CC2. The van der Waals surface area contributed by atoms with E-state index in [0.29, 0.717) is 6.54 Å². The van der Waals surface area contributed by atoms with E-state index in [0.717, 1.165) is 25.2 Å². The van der Waals surface area contributed by atoms with E-state index in [9.17, 15) is 4.91 Å². The quantitative estimate of drug-likeness (QED) is 0.869. The summed E-state index contributed by atoms with van der Waals surface area (Å²) >= 11 is 3.62. The van der Waals surface area contributed by atoms with Crippen molar-refractivity contribution in [1.82, 2.24) is 4.90 Å². The lowest BCUT2D eigenvalue weighted by Gasteiger charge is -2.29. The summed E-state index contributed by atoms with van der Waals surface area (Å²) in [5.74, 6) is 0. The van der Waals surface area contributed by atoms with Gasteiger partial charge >= 0.3 is 0 Å². The van der Waals surface area contributed by atoms with E-state index in [-0.39, 0.29) is 6.04 Å². The highest BCUT2D eigenvalue weighted by Crippen LogP contribution is 2.32. The number of rotatable bonds is 4. The van der Waals surface area contributed by atoms with E-state index >= 15 is 0 Å². The van der Waals surface area contributed by atoms with Crippen molar-refractivity contribution in [1.29, 1.82) is 0 Å². The number of nitrogens with one attached hydrogen (secondary N) is 1. The number of hydrogen-bond donors (Lipinski definition) is 1. The van der Waals surface area contributed by atoms with Crippen LogP contribution in [0.4, 0.5) is 5.69 Å². The lowest BCUT2D eigenvalue weighted by Crippen LogP contribution is -2.29. The molecule has 0 aromatic heterocycles. The van der Waals surface area contributed by atoms with Gasteiger partial charge in [-0.05, 0) is 43.7 Å². The van der Waals surface area contributed by atoms with E-state index in [1.54, 1.807) is 0 Å². The molecule has 1 aliphatic rings. The molecule has 1 aromatic carbocycles. The molecule has 0 saturated heterocycles. The Labute approximate surface area is 116 Å². The summed E-state index contributed by atoms with van der Waals surface area (Å²) in [5.41, 5.74) is 3.83. The molecule has 1 aromatic rings. The molecule has 1 aliphatic heterocycles. The van der Waals surface area contributed by atoms with Gasteiger partial charge in [-0.3, -0.25) is 0 Å². The van der Waals surface area contributed by atoms with Gasteiger partial charge in [0.25, 0.3) is 0 Å². The van der Waals surface area contributed by atoms with E-state index in [2.05, 4.69) is 50.5 Å². The topological polar surface area (TPSA) is 44.7 Å². The van der Waals surface area contributed by atoms with Crippen LogP contribution in [0.15, 0.2) is 21.8 Å². The second-order valence-electron chi connectivity index (χ2n) is 4.90. The molecular formula is C13H18BrN3O. The summed E-state index contributed by atoms with van der Waals surface area (Å²) in [6.45, 7) is 4.29. The molecule has 1 heterocycles. The Morgan fingerprint density at radius 1 is 1.50 bits per heavy atom. The molecule has 0 amide bonds. The van der Waals surface area contributed by atoms with Crippen molar-refractivity contribution in [3.05, 3.63) is 32.6 Å². The molecule has 0 radical (unpaired) electrons. The predicted octanol–water partition coefficient (Wildman–Crippen LogP) is 3.00. The number of fused-ring (bicyclic) bond motifs is 1. The van der Waals surface area contributed by atoms with Crippen LogP contribution in [0.2, 0.25) is 0 Å². The first-order valence-corrected chi connectivity index (χ1v) is 6.95. The maximum absolute atomic E-state index is 10.3. The number of halogens is 1. The van der Waals surface area contributed by atoms with Gasteiger partial charge in [0.2, 0.25) is 0 Å². The fourth-order valence-electron chi connectivity index (χ4n) is 2.33. The molecule has 98 valence electrons. The van der Waals surface area contributed by atoms with Crippen LogP contribution in [0, 0.1) is 4.91 Å². The van der Waals surface area contributed by atoms with Gasteiger partial charge in [-0.25, -0.2) is 0 Å². The van der Waals surface area contributed by atoms with E-state index < -0.39 is 0 Å². The highest BCUT2D eigenvalue weighted by molar-refractivity contribution is 9.10. The first kappa shape index (κ1) is 13.5. The zero-order chi connectivity index (χ0) is 13.1. The molecule has 0 saturated carbocycles. The number of benzene rings is 1. The van der Waals surface area contributed by atoms with E-state index in [4.69, 9.17) is 0 Å². The van der Waals surface area contributed by atoms with Crippen LogP contribution in [-0.2, 0) is 13.0 Å². The zero-order valence-corrected chi connectivity index (χ0v) is 12.3. The van der Waals surface area contributed by atoms with Crippen molar-refractivity contribution in [3.63, 3.8) is 0 Å². The second kappa shape index (κ2) is 5.80. The molecule has 0 aliphatic carbocycles. The summed E-state index contributed by atoms with van der Waals surface area (Å²) in [7, 11) is 2.13. The Morgan fingerprint density at radius 3 is 3.00 bits per heavy atom. The van der Waals surface area contributed by atoms with Gasteiger partial charge in [0.05, 0.1) is 0 Å². The number of hydrogen-bond acceptors (Lipinski definition) is 4. The lowest BCUT2D eigenvalue weighted by molar-refractivity contribution is 0.313. The van der Waals surface area contributed by atoms with E-state index in [1.807, 2.05) is 6.92 Å². The zero-order valence-electron chi connectivity index (χ0n) is 10.7. The van der Waals surface area contributed by atoms with Gasteiger partial charge in [-0.2, -0.15) is 4.91 Å². The normalized spacial score (nSPS) is 17.1. The molecule has 1 unspecified atom stereocenters. The minimum atomic E-state index is 0.0695. The minimum Gasteiger partial charge on any atom is -0.380 e. The number of anilines is 1. The Balaban J connectivity index is 2.28. The van der Waals surface area contributed by atoms with Crippen LogP contribution in [0.25, 0.3) is 0 Å². The van der Waals surface area contributed by atoms with Crippen molar-refractivity contribution in [2.45, 2.75) is 25.9 Å². The number of likely N-dealkylation sites (N-methyl/N-ethyl adjacent to an activating group) is 1. The van der Waals surface area contributed by atoms with Crippen molar-refractivity contribution in [2.75, 3.05) is 25.5 Å². The van der Waals surface area contributed by atoms with Crippen molar-refractivity contribution >= 4 is 21.6 Å². The van der Waals surface area contributed by atoms with Crippen molar-refractivity contribution < 1.29 is 0 Å². The average molecular weight is 312 g/mol. The summed E-state index contributed by atoms with van der Waals surface area (Å²) in [5, 5.41) is 6.32. The molecule has 5 heteroatoms. The standard InChI is InChI=1S/C13H18BrN3O/c1-9(7-15-18)16-13-4-3-12(14)10-5-6-17(2)8-11(10)13/h3-4,9,16H,5-8H2,1-2H3. The first-order chi connectivity index (χ1) is 8.61. The highest BCUT2D eigenvalue weighted by Gasteiger charge is 2.19. The summed E-state index contributed by atoms with van der Waals surface area (Å²) in [4.78, 5) is 12.6. The third-order valence-corrected chi connectivity index (χ3v) is 4.04. The third-order valence-electron chi connectivity index (χ3n) is 3.30. The van der Waals surface area contributed by atoms with Crippen LogP contribution in [-0.4, -0.2) is 31.1 Å². The van der Waals surface area contributed by atoms with Gasteiger partial charge in [0.15, 0.2) is 0 Å². The molecule has 0 bridgehead atoms. The smallest absolute Gasteiger partial charge is 0.101 e. The Bertz CT molecular complexity index is 450. The van der Waals surface area contributed by atoms with Gasteiger partial charge in [-0.15, -0.1) is 0 Å². The van der Waals surface area contributed by atoms with Crippen LogP contribution >= 0.6 is 15.9 Å². The first-order valence-electron chi connectivity index (χ1n) is 6.16. The summed E-state index contributed by atoms with van der Waals surface area (Å²) < 4.78 is 1.18. The molecule has 18 heavy (non-hydrogen) atoms. The third kappa shape index (κ3) is 2.90. The number of nitroso groups, excluding NO2 is 1. The molecule has 1 atom stereocenters. The Hall–Kier alpha value is -0.940. The maximum Gasteiger partial charge on any atom is 0.101 e. The second-order valence-corrected chi connectivity index (χ2v) is 5.75. The maximum atomic E-state index is 10.3. The molecule has 1 N–H and O–H groups in total. The minimum absolute atomic E-state index is 0.0695. The highest BCUT2D eigenvalue weighted by atomic mass is 79.9. The molecule has 0 fully saturated rings. The molecule has 4 nitrogen and oxygen atoms in total. The molecule has 2 rings (SSSR count). The van der Waals surface area contributed by atoms with E-state index in [1.165, 1.54) is 15.6 Å².